The number of aliphatic carboxylic acids is 1. The maximum absolute atomic E-state index is 12.0. The Labute approximate surface area is 223 Å². The molecule has 2 N–H and O–H groups in total. The van der Waals surface area contributed by atoms with E-state index in [1.54, 1.807) is 0 Å². The van der Waals surface area contributed by atoms with Crippen LogP contribution in [0.25, 0.3) is 0 Å². The molecule has 0 saturated heterocycles. The number of carboxylic acids is 1. The fourth-order valence-corrected chi connectivity index (χ4v) is 4.67. The van der Waals surface area contributed by atoms with Gasteiger partial charge in [0, 0.05) is 0 Å². The van der Waals surface area contributed by atoms with E-state index in [0.29, 0.717) is 13.2 Å². The van der Waals surface area contributed by atoms with Crippen molar-refractivity contribution in [2.24, 2.45) is 0 Å². The number of nitrogens with one attached hydrogen (secondary N) is 1. The highest BCUT2D eigenvalue weighted by atomic mass is 16.5. The second-order valence-corrected chi connectivity index (χ2v) is 10.7. The zero-order valence-corrected chi connectivity index (χ0v) is 24.1. The lowest BCUT2D eigenvalue weighted by atomic mass is 10.0. The van der Waals surface area contributed by atoms with Gasteiger partial charge in [0.1, 0.15) is 6.04 Å². The number of carbonyl (C=O) groups excluding carboxylic acids is 1. The first kappa shape index (κ1) is 34.9. The molecule has 0 aliphatic carbocycles. The fraction of sp³-hybridized carbons (Fsp3) is 0.935. The molecule has 5 heteroatoms. The van der Waals surface area contributed by atoms with Crippen LogP contribution in [0, 0.1) is 0 Å². The standard InChI is InChI=1S/C31H61NO4/c1-3-5-7-9-11-12-13-14-15-16-17-18-19-20-22-24-26-32-29(31(34)35)28-30(33)36-27-25-23-21-10-8-6-4-2/h29,32H,3-28H2,1-2H3,(H,34,35). The molecule has 0 aromatic heterocycles. The zero-order valence-electron chi connectivity index (χ0n) is 24.1. The molecule has 0 fully saturated rings. The first-order valence-corrected chi connectivity index (χ1v) is 15.7. The van der Waals surface area contributed by atoms with E-state index in [1.807, 2.05) is 0 Å². The number of ether oxygens (including phenoxy) is 1. The van der Waals surface area contributed by atoms with E-state index in [4.69, 9.17) is 4.74 Å². The summed E-state index contributed by atoms with van der Waals surface area (Å²) in [5.41, 5.74) is 0. The number of esters is 1. The van der Waals surface area contributed by atoms with Crippen LogP contribution in [0.5, 0.6) is 0 Å². The lowest BCUT2D eigenvalue weighted by Crippen LogP contribution is -2.39. The Balaban J connectivity index is 3.51. The van der Waals surface area contributed by atoms with E-state index in [0.717, 1.165) is 25.7 Å². The van der Waals surface area contributed by atoms with Crippen molar-refractivity contribution in [1.82, 2.24) is 5.32 Å². The van der Waals surface area contributed by atoms with Crippen LogP contribution in [0.15, 0.2) is 0 Å². The van der Waals surface area contributed by atoms with E-state index in [-0.39, 0.29) is 6.42 Å². The molecule has 0 aromatic carbocycles. The summed E-state index contributed by atoms with van der Waals surface area (Å²) < 4.78 is 5.24. The van der Waals surface area contributed by atoms with Crippen LogP contribution < -0.4 is 5.32 Å². The minimum atomic E-state index is -0.973. The first-order valence-electron chi connectivity index (χ1n) is 15.7. The van der Waals surface area contributed by atoms with Crippen LogP contribution in [0.3, 0.4) is 0 Å². The van der Waals surface area contributed by atoms with Crippen molar-refractivity contribution in [3.63, 3.8) is 0 Å². The minimum Gasteiger partial charge on any atom is -0.480 e. The van der Waals surface area contributed by atoms with Crippen LogP contribution in [-0.4, -0.2) is 36.2 Å². The van der Waals surface area contributed by atoms with Gasteiger partial charge in [-0.2, -0.15) is 0 Å². The third-order valence-corrected chi connectivity index (χ3v) is 7.10. The Morgan fingerprint density at radius 1 is 0.583 bits per heavy atom. The maximum Gasteiger partial charge on any atom is 0.321 e. The average Bonchev–Trinajstić information content (AvgIpc) is 2.86. The molecule has 36 heavy (non-hydrogen) atoms. The Bertz CT molecular complexity index is 483. The summed E-state index contributed by atoms with van der Waals surface area (Å²) in [4.78, 5) is 23.5. The molecule has 1 atom stereocenters. The molecule has 5 nitrogen and oxygen atoms in total. The molecule has 0 rings (SSSR count). The molecule has 0 aliphatic rings. The summed E-state index contributed by atoms with van der Waals surface area (Å²) in [5, 5.41) is 12.4. The van der Waals surface area contributed by atoms with Gasteiger partial charge in [-0.15, -0.1) is 0 Å². The molecule has 1 unspecified atom stereocenters. The topological polar surface area (TPSA) is 75.6 Å². The molecule has 0 saturated carbocycles. The van der Waals surface area contributed by atoms with Gasteiger partial charge in [-0.1, -0.05) is 149 Å². The highest BCUT2D eigenvalue weighted by Crippen LogP contribution is 2.14. The molecular formula is C31H61NO4. The highest BCUT2D eigenvalue weighted by molar-refractivity contribution is 5.81. The smallest absolute Gasteiger partial charge is 0.321 e. The third kappa shape index (κ3) is 26.0. The Kier molecular flexibility index (Phi) is 27.6. The summed E-state index contributed by atoms with van der Waals surface area (Å²) in [6.45, 7) is 5.52. The molecule has 214 valence electrons. The molecule has 0 aliphatic heterocycles. The lowest BCUT2D eigenvalue weighted by molar-refractivity contribution is -0.149. The van der Waals surface area contributed by atoms with Gasteiger partial charge in [0.15, 0.2) is 0 Å². The largest absolute Gasteiger partial charge is 0.480 e. The Hall–Kier alpha value is -1.10. The van der Waals surface area contributed by atoms with Crippen molar-refractivity contribution in [3.8, 4) is 0 Å². The zero-order chi connectivity index (χ0) is 26.5. The minimum absolute atomic E-state index is 0.0926. The number of hydrogen-bond acceptors (Lipinski definition) is 4. The van der Waals surface area contributed by atoms with Gasteiger partial charge in [-0.25, -0.2) is 0 Å². The molecule has 0 amide bonds. The van der Waals surface area contributed by atoms with Crippen LogP contribution in [0.1, 0.15) is 168 Å². The third-order valence-electron chi connectivity index (χ3n) is 7.10. The van der Waals surface area contributed by atoms with E-state index >= 15 is 0 Å². The quantitative estimate of drug-likeness (QED) is 0.0774. The monoisotopic (exact) mass is 511 g/mol. The van der Waals surface area contributed by atoms with Crippen molar-refractivity contribution in [2.75, 3.05) is 13.2 Å². The van der Waals surface area contributed by atoms with Crippen LogP contribution in [0.4, 0.5) is 0 Å². The summed E-state index contributed by atoms with van der Waals surface area (Å²) in [7, 11) is 0. The van der Waals surface area contributed by atoms with Gasteiger partial charge < -0.3 is 15.2 Å². The van der Waals surface area contributed by atoms with Gasteiger partial charge >= 0.3 is 11.9 Å². The van der Waals surface area contributed by atoms with Crippen LogP contribution in [-0.2, 0) is 14.3 Å². The molecule has 0 bridgehead atoms. The first-order chi connectivity index (χ1) is 17.6. The summed E-state index contributed by atoms with van der Waals surface area (Å²) in [6, 6.07) is -0.845. The molecule has 0 heterocycles. The predicted molar refractivity (Wildman–Crippen MR) is 153 cm³/mol. The van der Waals surface area contributed by atoms with Gasteiger partial charge in [0.2, 0.25) is 0 Å². The lowest BCUT2D eigenvalue weighted by Gasteiger charge is -2.14. The normalized spacial score (nSPS) is 12.1. The van der Waals surface area contributed by atoms with Gasteiger partial charge in [0.05, 0.1) is 13.0 Å². The number of carboxylic acid groups (broad SMARTS) is 1. The van der Waals surface area contributed by atoms with E-state index in [1.165, 1.54) is 122 Å². The van der Waals surface area contributed by atoms with Crippen molar-refractivity contribution in [2.45, 2.75) is 174 Å². The van der Waals surface area contributed by atoms with E-state index in [9.17, 15) is 14.7 Å². The predicted octanol–water partition coefficient (Wildman–Crippen LogP) is 8.97. The molecule has 0 radical (unpaired) electrons. The Morgan fingerprint density at radius 3 is 1.33 bits per heavy atom. The van der Waals surface area contributed by atoms with Crippen molar-refractivity contribution < 1.29 is 19.4 Å². The van der Waals surface area contributed by atoms with Crippen LogP contribution >= 0.6 is 0 Å². The summed E-state index contributed by atoms with van der Waals surface area (Å²) in [6.07, 6.45) is 29.2. The van der Waals surface area contributed by atoms with Gasteiger partial charge in [0.25, 0.3) is 0 Å². The number of rotatable bonds is 29. The second kappa shape index (κ2) is 28.5. The second-order valence-electron chi connectivity index (χ2n) is 10.7. The molecule has 0 aromatic rings. The van der Waals surface area contributed by atoms with Crippen molar-refractivity contribution in [1.29, 1.82) is 0 Å². The number of carbonyl (C=O) groups is 2. The molecule has 0 spiro atoms. The number of unbranched alkanes of at least 4 members (excludes halogenated alkanes) is 21. The van der Waals surface area contributed by atoms with Gasteiger partial charge in [-0.05, 0) is 19.4 Å². The van der Waals surface area contributed by atoms with E-state index < -0.39 is 18.0 Å². The fourth-order valence-electron chi connectivity index (χ4n) is 4.67. The van der Waals surface area contributed by atoms with Crippen LogP contribution in [0.2, 0.25) is 0 Å². The van der Waals surface area contributed by atoms with Gasteiger partial charge in [-0.3, -0.25) is 9.59 Å². The summed E-state index contributed by atoms with van der Waals surface area (Å²) in [5.74, 6) is -1.38. The van der Waals surface area contributed by atoms with Crippen molar-refractivity contribution >= 4 is 11.9 Å². The van der Waals surface area contributed by atoms with Crippen molar-refractivity contribution in [3.05, 3.63) is 0 Å². The van der Waals surface area contributed by atoms with E-state index in [2.05, 4.69) is 19.2 Å². The average molecular weight is 512 g/mol. The molecular weight excluding hydrogens is 450 g/mol. The number of hydrogen-bond donors (Lipinski definition) is 2. The highest BCUT2D eigenvalue weighted by Gasteiger charge is 2.21. The summed E-state index contributed by atoms with van der Waals surface area (Å²) >= 11 is 0. The maximum atomic E-state index is 12.0. The Morgan fingerprint density at radius 2 is 0.944 bits per heavy atom. The SMILES string of the molecule is CCCCCCCCCCCCCCCCCCNC(CC(=O)OCCCCCCCCC)C(=O)O.